The van der Waals surface area contributed by atoms with E-state index in [2.05, 4.69) is 31.3 Å². The van der Waals surface area contributed by atoms with E-state index in [1.54, 1.807) is 7.11 Å². The van der Waals surface area contributed by atoms with Crippen molar-refractivity contribution in [3.05, 3.63) is 29.8 Å². The van der Waals surface area contributed by atoms with Crippen molar-refractivity contribution in [1.29, 1.82) is 0 Å². The molecule has 0 unspecified atom stereocenters. The van der Waals surface area contributed by atoms with Gasteiger partial charge in [0.1, 0.15) is 5.75 Å². The van der Waals surface area contributed by atoms with E-state index >= 15 is 0 Å². The Morgan fingerprint density at radius 1 is 1.20 bits per heavy atom. The molecule has 1 aromatic rings. The van der Waals surface area contributed by atoms with E-state index in [1.165, 1.54) is 5.56 Å². The van der Waals surface area contributed by atoms with Crippen molar-refractivity contribution >= 4 is 0 Å². The number of hydrogen-bond donors (Lipinski definition) is 1. The molecule has 3 heteroatoms. The van der Waals surface area contributed by atoms with Gasteiger partial charge in [0.25, 0.3) is 0 Å². The fourth-order valence-electron chi connectivity index (χ4n) is 1.15. The summed E-state index contributed by atoms with van der Waals surface area (Å²) < 4.78 is 10.1. The SMILES string of the molecule is COCOc1ccc(CNC(C)C)cc1. The molecule has 1 N–H and O–H groups in total. The molecule has 84 valence electrons. The average Bonchev–Trinajstić information content (AvgIpc) is 2.25. The van der Waals surface area contributed by atoms with Gasteiger partial charge in [0.05, 0.1) is 0 Å². The molecular weight excluding hydrogens is 190 g/mol. The summed E-state index contributed by atoms with van der Waals surface area (Å²) in [5.74, 6) is 0.838. The number of methoxy groups -OCH3 is 1. The van der Waals surface area contributed by atoms with Crippen molar-refractivity contribution in [3.8, 4) is 5.75 Å². The highest BCUT2D eigenvalue weighted by Crippen LogP contribution is 2.11. The minimum absolute atomic E-state index is 0.295. The first-order chi connectivity index (χ1) is 7.22. The molecule has 0 atom stereocenters. The van der Waals surface area contributed by atoms with E-state index in [9.17, 15) is 0 Å². The molecule has 0 aliphatic heterocycles. The summed E-state index contributed by atoms with van der Waals surface area (Å²) >= 11 is 0. The number of benzene rings is 1. The maximum absolute atomic E-state index is 5.29. The van der Waals surface area contributed by atoms with Crippen molar-refractivity contribution in [2.45, 2.75) is 26.4 Å². The van der Waals surface area contributed by atoms with Gasteiger partial charge >= 0.3 is 0 Å². The maximum atomic E-state index is 5.29. The van der Waals surface area contributed by atoms with E-state index in [0.717, 1.165) is 12.3 Å². The highest BCUT2D eigenvalue weighted by Gasteiger charge is 1.96. The quantitative estimate of drug-likeness (QED) is 0.728. The highest BCUT2D eigenvalue weighted by atomic mass is 16.7. The lowest BCUT2D eigenvalue weighted by Gasteiger charge is -2.09. The summed E-state index contributed by atoms with van der Waals surface area (Å²) in [4.78, 5) is 0. The van der Waals surface area contributed by atoms with E-state index < -0.39 is 0 Å². The van der Waals surface area contributed by atoms with E-state index in [0.29, 0.717) is 12.8 Å². The average molecular weight is 209 g/mol. The predicted octanol–water partition coefficient (Wildman–Crippen LogP) is 2.17. The topological polar surface area (TPSA) is 30.5 Å². The van der Waals surface area contributed by atoms with E-state index in [4.69, 9.17) is 9.47 Å². The smallest absolute Gasteiger partial charge is 0.188 e. The highest BCUT2D eigenvalue weighted by molar-refractivity contribution is 5.27. The molecule has 0 spiro atoms. The minimum Gasteiger partial charge on any atom is -0.468 e. The van der Waals surface area contributed by atoms with Crippen LogP contribution in [0.4, 0.5) is 0 Å². The largest absolute Gasteiger partial charge is 0.468 e. The Bertz CT molecular complexity index is 269. The predicted molar refractivity (Wildman–Crippen MR) is 60.9 cm³/mol. The second-order valence-corrected chi connectivity index (χ2v) is 3.73. The molecule has 1 rings (SSSR count). The van der Waals surface area contributed by atoms with Gasteiger partial charge in [-0.05, 0) is 17.7 Å². The fourth-order valence-corrected chi connectivity index (χ4v) is 1.15. The minimum atomic E-state index is 0.295. The molecule has 15 heavy (non-hydrogen) atoms. The Morgan fingerprint density at radius 3 is 2.40 bits per heavy atom. The Balaban J connectivity index is 2.41. The number of hydrogen-bond acceptors (Lipinski definition) is 3. The number of ether oxygens (including phenoxy) is 2. The molecule has 0 fully saturated rings. The van der Waals surface area contributed by atoms with Crippen LogP contribution >= 0.6 is 0 Å². The normalized spacial score (nSPS) is 10.7. The van der Waals surface area contributed by atoms with Crippen LogP contribution in [0.5, 0.6) is 5.75 Å². The molecule has 0 saturated carbocycles. The van der Waals surface area contributed by atoms with Crippen LogP contribution in [0.1, 0.15) is 19.4 Å². The standard InChI is InChI=1S/C12H19NO2/c1-10(2)13-8-11-4-6-12(7-5-11)15-9-14-3/h4-7,10,13H,8-9H2,1-3H3. The van der Waals surface area contributed by atoms with Gasteiger partial charge < -0.3 is 14.8 Å². The molecule has 0 aliphatic carbocycles. The van der Waals surface area contributed by atoms with Crippen LogP contribution in [0.3, 0.4) is 0 Å². The lowest BCUT2D eigenvalue weighted by atomic mass is 10.2. The van der Waals surface area contributed by atoms with Gasteiger partial charge in [0.2, 0.25) is 0 Å². The third kappa shape index (κ3) is 4.81. The lowest BCUT2D eigenvalue weighted by molar-refractivity contribution is 0.0511. The summed E-state index contributed by atoms with van der Waals surface area (Å²) in [7, 11) is 1.61. The number of nitrogens with one attached hydrogen (secondary N) is 1. The molecule has 0 radical (unpaired) electrons. The zero-order valence-corrected chi connectivity index (χ0v) is 9.62. The monoisotopic (exact) mass is 209 g/mol. The molecule has 0 aromatic heterocycles. The molecule has 0 heterocycles. The number of rotatable bonds is 6. The second kappa shape index (κ2) is 6.43. The van der Waals surface area contributed by atoms with Crippen LogP contribution in [0.2, 0.25) is 0 Å². The molecule has 1 aromatic carbocycles. The first-order valence-electron chi connectivity index (χ1n) is 5.16. The van der Waals surface area contributed by atoms with Gasteiger partial charge in [-0.2, -0.15) is 0 Å². The van der Waals surface area contributed by atoms with Crippen LogP contribution in [0.15, 0.2) is 24.3 Å². The molecule has 3 nitrogen and oxygen atoms in total. The first kappa shape index (κ1) is 12.0. The third-order valence-electron chi connectivity index (χ3n) is 1.98. The zero-order chi connectivity index (χ0) is 11.1. The molecule has 0 saturated heterocycles. The maximum Gasteiger partial charge on any atom is 0.188 e. The van der Waals surface area contributed by atoms with Gasteiger partial charge in [-0.25, -0.2) is 0 Å². The summed E-state index contributed by atoms with van der Waals surface area (Å²) in [6.07, 6.45) is 0. The Hall–Kier alpha value is -1.06. The summed E-state index contributed by atoms with van der Waals surface area (Å²) in [5.41, 5.74) is 1.26. The van der Waals surface area contributed by atoms with Crippen molar-refractivity contribution < 1.29 is 9.47 Å². The van der Waals surface area contributed by atoms with Gasteiger partial charge in [0, 0.05) is 19.7 Å². The van der Waals surface area contributed by atoms with Gasteiger partial charge in [0.15, 0.2) is 6.79 Å². The molecular formula is C12H19NO2. The Kier molecular flexibility index (Phi) is 5.15. The molecule has 0 amide bonds. The summed E-state index contributed by atoms with van der Waals surface area (Å²) in [6, 6.07) is 8.53. The van der Waals surface area contributed by atoms with E-state index in [1.807, 2.05) is 12.1 Å². The third-order valence-corrected chi connectivity index (χ3v) is 1.98. The van der Waals surface area contributed by atoms with Crippen molar-refractivity contribution in [2.24, 2.45) is 0 Å². The first-order valence-corrected chi connectivity index (χ1v) is 5.16. The van der Waals surface area contributed by atoms with Gasteiger partial charge in [-0.3, -0.25) is 0 Å². The Labute approximate surface area is 91.4 Å². The van der Waals surface area contributed by atoms with Crippen LogP contribution in [-0.4, -0.2) is 19.9 Å². The second-order valence-electron chi connectivity index (χ2n) is 3.73. The van der Waals surface area contributed by atoms with Crippen LogP contribution in [0.25, 0.3) is 0 Å². The van der Waals surface area contributed by atoms with Crippen LogP contribution in [0, 0.1) is 0 Å². The van der Waals surface area contributed by atoms with Gasteiger partial charge in [-0.15, -0.1) is 0 Å². The van der Waals surface area contributed by atoms with Crippen molar-refractivity contribution in [3.63, 3.8) is 0 Å². The zero-order valence-electron chi connectivity index (χ0n) is 9.62. The van der Waals surface area contributed by atoms with Crippen LogP contribution < -0.4 is 10.1 Å². The lowest BCUT2D eigenvalue weighted by Crippen LogP contribution is -2.21. The van der Waals surface area contributed by atoms with Crippen molar-refractivity contribution in [1.82, 2.24) is 5.32 Å². The van der Waals surface area contributed by atoms with E-state index in [-0.39, 0.29) is 0 Å². The summed E-state index contributed by atoms with van der Waals surface area (Å²) in [5, 5.41) is 3.36. The van der Waals surface area contributed by atoms with Crippen molar-refractivity contribution in [2.75, 3.05) is 13.9 Å². The van der Waals surface area contributed by atoms with Crippen LogP contribution in [-0.2, 0) is 11.3 Å². The summed E-state index contributed by atoms with van der Waals surface area (Å²) in [6.45, 7) is 5.46. The molecule has 0 bridgehead atoms. The van der Waals surface area contributed by atoms with Gasteiger partial charge in [-0.1, -0.05) is 26.0 Å². The Morgan fingerprint density at radius 2 is 1.87 bits per heavy atom. The molecule has 0 aliphatic rings. The fraction of sp³-hybridized carbons (Fsp3) is 0.500.